The van der Waals surface area contributed by atoms with Crippen molar-refractivity contribution in [1.29, 1.82) is 0 Å². The Hall–Kier alpha value is -1.20. The quantitative estimate of drug-likeness (QED) is 0.768. The minimum absolute atomic E-state index is 0.193. The van der Waals surface area contributed by atoms with Crippen molar-refractivity contribution in [2.75, 3.05) is 0 Å². The van der Waals surface area contributed by atoms with Crippen molar-refractivity contribution in [1.82, 2.24) is 10.6 Å². The van der Waals surface area contributed by atoms with Crippen molar-refractivity contribution < 1.29 is 9.59 Å². The van der Waals surface area contributed by atoms with Crippen molar-refractivity contribution in [3.05, 3.63) is 21.4 Å². The van der Waals surface area contributed by atoms with Crippen LogP contribution in [0.5, 0.6) is 0 Å². The van der Waals surface area contributed by atoms with E-state index >= 15 is 0 Å². The van der Waals surface area contributed by atoms with Crippen LogP contribution in [0, 0.1) is 13.8 Å². The third-order valence-corrected chi connectivity index (χ3v) is 3.86. The Balaban J connectivity index is 1.92. The van der Waals surface area contributed by atoms with Crippen molar-refractivity contribution in [3.63, 3.8) is 0 Å². The molecule has 1 atom stereocenters. The van der Waals surface area contributed by atoms with Gasteiger partial charge in [0.05, 0.1) is 12.5 Å². The number of carbonyl (C=O) groups excluding carboxylic acids is 2. The number of aryl methyl sites for hydroxylation is 2. The molecule has 0 radical (unpaired) electrons. The molecule has 1 saturated heterocycles. The summed E-state index contributed by atoms with van der Waals surface area (Å²) in [5.74, 6) is -0.406. The van der Waals surface area contributed by atoms with E-state index in [9.17, 15) is 9.59 Å². The summed E-state index contributed by atoms with van der Waals surface area (Å²) in [6, 6.07) is 1.75. The first-order chi connectivity index (χ1) is 7.56. The molecule has 86 valence electrons. The van der Waals surface area contributed by atoms with Gasteiger partial charge in [-0.2, -0.15) is 0 Å². The zero-order chi connectivity index (χ0) is 11.7. The molecule has 1 unspecified atom stereocenters. The zero-order valence-corrected chi connectivity index (χ0v) is 10.1. The molecule has 2 rings (SSSR count). The lowest BCUT2D eigenvalue weighted by atomic mass is 10.2. The topological polar surface area (TPSA) is 58.2 Å². The molecule has 0 spiro atoms. The lowest BCUT2D eigenvalue weighted by molar-refractivity contribution is -0.125. The first kappa shape index (κ1) is 11.3. The molecule has 16 heavy (non-hydrogen) atoms. The minimum Gasteiger partial charge on any atom is -0.300 e. The van der Waals surface area contributed by atoms with Crippen LogP contribution in [-0.4, -0.2) is 17.9 Å². The molecule has 1 aliphatic heterocycles. The monoisotopic (exact) mass is 238 g/mol. The molecular weight excluding hydrogens is 224 g/mol. The van der Waals surface area contributed by atoms with Crippen LogP contribution in [0.3, 0.4) is 0 Å². The second kappa shape index (κ2) is 4.35. The normalized spacial score (nSPS) is 20.2. The standard InChI is InChI=1S/C11H14N2O2S/c1-6-3-8(16-7(6)2)5-12-9-4-10(14)13-11(9)15/h3,9,12H,4-5H2,1-2H3,(H,13,14,15). The van der Waals surface area contributed by atoms with E-state index in [1.165, 1.54) is 15.3 Å². The molecule has 0 aliphatic carbocycles. The lowest BCUT2D eigenvalue weighted by Gasteiger charge is -2.06. The van der Waals surface area contributed by atoms with E-state index in [1.54, 1.807) is 11.3 Å². The van der Waals surface area contributed by atoms with Gasteiger partial charge in [-0.15, -0.1) is 11.3 Å². The van der Waals surface area contributed by atoms with Crippen LogP contribution >= 0.6 is 11.3 Å². The first-order valence-electron chi connectivity index (χ1n) is 5.19. The Morgan fingerprint density at radius 3 is 2.75 bits per heavy atom. The molecule has 0 aromatic carbocycles. The fourth-order valence-corrected chi connectivity index (χ4v) is 2.68. The van der Waals surface area contributed by atoms with Gasteiger partial charge in [-0.3, -0.25) is 14.9 Å². The highest BCUT2D eigenvalue weighted by Crippen LogP contribution is 2.20. The number of hydrogen-bond donors (Lipinski definition) is 2. The number of nitrogens with one attached hydrogen (secondary N) is 2. The van der Waals surface area contributed by atoms with Gasteiger partial charge >= 0.3 is 0 Å². The second-order valence-electron chi connectivity index (χ2n) is 4.00. The smallest absolute Gasteiger partial charge is 0.244 e. The Morgan fingerprint density at radius 1 is 1.50 bits per heavy atom. The summed E-state index contributed by atoms with van der Waals surface area (Å²) < 4.78 is 0. The highest BCUT2D eigenvalue weighted by Gasteiger charge is 2.29. The van der Waals surface area contributed by atoms with Gasteiger partial charge in [0.1, 0.15) is 0 Å². The van der Waals surface area contributed by atoms with E-state index in [2.05, 4.69) is 30.5 Å². The number of thiophene rings is 1. The maximum Gasteiger partial charge on any atom is 0.244 e. The number of rotatable bonds is 3. The molecule has 5 heteroatoms. The van der Waals surface area contributed by atoms with Crippen LogP contribution in [0.15, 0.2) is 6.07 Å². The number of carbonyl (C=O) groups is 2. The van der Waals surface area contributed by atoms with Gasteiger partial charge in [0, 0.05) is 16.3 Å². The number of amides is 2. The minimum atomic E-state index is -0.366. The van der Waals surface area contributed by atoms with Crippen molar-refractivity contribution in [2.24, 2.45) is 0 Å². The SMILES string of the molecule is Cc1cc(CNC2CC(=O)NC2=O)sc1C. The summed E-state index contributed by atoms with van der Waals surface area (Å²) in [5.41, 5.74) is 1.27. The van der Waals surface area contributed by atoms with E-state index in [0.717, 1.165) is 0 Å². The van der Waals surface area contributed by atoms with Gasteiger partial charge in [-0.25, -0.2) is 0 Å². The highest BCUT2D eigenvalue weighted by atomic mass is 32.1. The molecule has 1 aromatic heterocycles. The summed E-state index contributed by atoms with van der Waals surface area (Å²) in [6.45, 7) is 4.79. The molecule has 1 fully saturated rings. The third kappa shape index (κ3) is 2.31. The van der Waals surface area contributed by atoms with E-state index in [-0.39, 0.29) is 24.3 Å². The highest BCUT2D eigenvalue weighted by molar-refractivity contribution is 7.12. The van der Waals surface area contributed by atoms with Gasteiger partial charge in [-0.1, -0.05) is 0 Å². The van der Waals surface area contributed by atoms with E-state index in [0.29, 0.717) is 6.54 Å². The van der Waals surface area contributed by atoms with Gasteiger partial charge in [0.25, 0.3) is 0 Å². The van der Waals surface area contributed by atoms with Crippen LogP contribution in [-0.2, 0) is 16.1 Å². The predicted octanol–water partition coefficient (Wildman–Crippen LogP) is 0.870. The molecule has 2 amide bonds. The Labute approximate surface area is 98.0 Å². The summed E-state index contributed by atoms with van der Waals surface area (Å²) in [7, 11) is 0. The molecule has 1 aromatic rings. The van der Waals surface area contributed by atoms with E-state index < -0.39 is 0 Å². The molecule has 2 heterocycles. The fourth-order valence-electron chi connectivity index (χ4n) is 1.68. The van der Waals surface area contributed by atoms with Crippen LogP contribution in [0.2, 0.25) is 0 Å². The molecule has 0 saturated carbocycles. The lowest BCUT2D eigenvalue weighted by Crippen LogP contribution is -2.35. The summed E-state index contributed by atoms with van der Waals surface area (Å²) in [5, 5.41) is 5.38. The maximum absolute atomic E-state index is 11.3. The van der Waals surface area contributed by atoms with Crippen LogP contribution < -0.4 is 10.6 Å². The van der Waals surface area contributed by atoms with Gasteiger partial charge in [0.2, 0.25) is 11.8 Å². The van der Waals surface area contributed by atoms with E-state index in [1.807, 2.05) is 0 Å². The average molecular weight is 238 g/mol. The summed E-state index contributed by atoms with van der Waals surface area (Å²) >= 11 is 1.72. The molecular formula is C11H14N2O2S. The van der Waals surface area contributed by atoms with Crippen LogP contribution in [0.25, 0.3) is 0 Å². The van der Waals surface area contributed by atoms with E-state index in [4.69, 9.17) is 0 Å². The van der Waals surface area contributed by atoms with Gasteiger partial charge < -0.3 is 5.32 Å². The second-order valence-corrected chi connectivity index (χ2v) is 5.34. The summed E-state index contributed by atoms with van der Waals surface area (Å²) in [6.07, 6.45) is 0.252. The number of imide groups is 1. The number of hydrogen-bond acceptors (Lipinski definition) is 4. The van der Waals surface area contributed by atoms with Crippen molar-refractivity contribution >= 4 is 23.2 Å². The Bertz CT molecular complexity index is 420. The largest absolute Gasteiger partial charge is 0.300 e. The van der Waals surface area contributed by atoms with Gasteiger partial charge in [-0.05, 0) is 25.5 Å². The predicted molar refractivity (Wildman–Crippen MR) is 62.2 cm³/mol. The fraction of sp³-hybridized carbons (Fsp3) is 0.455. The van der Waals surface area contributed by atoms with Crippen LogP contribution in [0.4, 0.5) is 0 Å². The first-order valence-corrected chi connectivity index (χ1v) is 6.01. The van der Waals surface area contributed by atoms with Gasteiger partial charge in [0.15, 0.2) is 0 Å². The third-order valence-electron chi connectivity index (χ3n) is 2.71. The summed E-state index contributed by atoms with van der Waals surface area (Å²) in [4.78, 5) is 24.7. The maximum atomic E-state index is 11.3. The molecule has 2 N–H and O–H groups in total. The molecule has 1 aliphatic rings. The Kier molecular flexibility index (Phi) is 3.07. The molecule has 4 nitrogen and oxygen atoms in total. The van der Waals surface area contributed by atoms with Crippen LogP contribution in [0.1, 0.15) is 21.7 Å². The molecule has 0 bridgehead atoms. The Morgan fingerprint density at radius 2 is 2.25 bits per heavy atom. The van der Waals surface area contributed by atoms with Crippen molar-refractivity contribution in [3.8, 4) is 0 Å². The zero-order valence-electron chi connectivity index (χ0n) is 9.29. The average Bonchev–Trinajstić information content (AvgIpc) is 2.68. The van der Waals surface area contributed by atoms with Crippen molar-refractivity contribution in [2.45, 2.75) is 32.9 Å².